The van der Waals surface area contributed by atoms with E-state index < -0.39 is 5.91 Å². The third kappa shape index (κ3) is 1.98. The number of hydrogen-bond donors (Lipinski definition) is 3. The van der Waals surface area contributed by atoms with Crippen LogP contribution in [0.15, 0.2) is 23.6 Å². The lowest BCUT2D eigenvalue weighted by Crippen LogP contribution is -2.11. The summed E-state index contributed by atoms with van der Waals surface area (Å²) in [6.45, 7) is 0.400. The first kappa shape index (κ1) is 11.8. The number of nitrogens with one attached hydrogen (secondary N) is 1. The molecule has 2 aromatic heterocycles. The van der Waals surface area contributed by atoms with Crippen LogP contribution >= 0.6 is 11.3 Å². The van der Waals surface area contributed by atoms with Gasteiger partial charge in [-0.2, -0.15) is 0 Å². The number of H-pyrrole nitrogens is 1. The molecular weight excluding hydrogens is 262 g/mol. The summed E-state index contributed by atoms with van der Waals surface area (Å²) in [5, 5.41) is 2.72. The van der Waals surface area contributed by atoms with E-state index in [2.05, 4.69) is 15.0 Å². The largest absolute Gasteiger partial charge is 0.366 e. The number of nitrogens with zero attached hydrogens (tertiary/aromatic N) is 2. The van der Waals surface area contributed by atoms with E-state index >= 15 is 0 Å². The summed E-state index contributed by atoms with van der Waals surface area (Å²) in [5.41, 5.74) is 13.3. The fourth-order valence-electron chi connectivity index (χ4n) is 1.87. The highest BCUT2D eigenvalue weighted by Crippen LogP contribution is 2.23. The van der Waals surface area contributed by atoms with Gasteiger partial charge in [0, 0.05) is 11.9 Å². The van der Waals surface area contributed by atoms with Crippen LogP contribution in [0.1, 0.15) is 15.4 Å². The average Bonchev–Trinajstić information content (AvgIpc) is 3.03. The number of primary amides is 1. The Kier molecular flexibility index (Phi) is 2.77. The molecule has 3 aromatic rings. The number of aromatic nitrogens is 3. The Morgan fingerprint density at radius 1 is 1.37 bits per heavy atom. The SMILES string of the molecule is NCc1nc(-c2nc3cccc(C(N)=O)c3[nH]2)cs1. The Labute approximate surface area is 112 Å². The van der Waals surface area contributed by atoms with Crippen molar-refractivity contribution in [1.82, 2.24) is 15.0 Å². The lowest BCUT2D eigenvalue weighted by Gasteiger charge is -1.95. The van der Waals surface area contributed by atoms with Crippen LogP contribution < -0.4 is 11.5 Å². The molecule has 0 aliphatic heterocycles. The molecule has 1 aromatic carbocycles. The van der Waals surface area contributed by atoms with Gasteiger partial charge in [0.25, 0.3) is 5.91 Å². The van der Waals surface area contributed by atoms with Crippen molar-refractivity contribution in [3.63, 3.8) is 0 Å². The first-order chi connectivity index (χ1) is 9.19. The molecule has 19 heavy (non-hydrogen) atoms. The second-order valence-corrected chi connectivity index (χ2v) is 4.92. The summed E-state index contributed by atoms with van der Waals surface area (Å²) in [6.07, 6.45) is 0. The van der Waals surface area contributed by atoms with Crippen LogP contribution in [0.4, 0.5) is 0 Å². The fraction of sp³-hybridized carbons (Fsp3) is 0.0833. The van der Waals surface area contributed by atoms with Gasteiger partial charge in [0.2, 0.25) is 0 Å². The minimum atomic E-state index is -0.485. The van der Waals surface area contributed by atoms with Gasteiger partial charge in [-0.3, -0.25) is 4.79 Å². The Bertz CT molecular complexity index is 760. The van der Waals surface area contributed by atoms with Gasteiger partial charge in [0.15, 0.2) is 5.82 Å². The minimum Gasteiger partial charge on any atom is -0.366 e. The number of nitrogens with two attached hydrogens (primary N) is 2. The van der Waals surface area contributed by atoms with Gasteiger partial charge in [0.05, 0.1) is 16.6 Å². The zero-order valence-corrected chi connectivity index (χ0v) is 10.7. The molecule has 3 rings (SSSR count). The van der Waals surface area contributed by atoms with E-state index in [4.69, 9.17) is 11.5 Å². The molecule has 7 heteroatoms. The molecule has 0 saturated carbocycles. The van der Waals surface area contributed by atoms with E-state index in [0.717, 1.165) is 10.7 Å². The highest BCUT2D eigenvalue weighted by Gasteiger charge is 2.13. The Morgan fingerprint density at radius 3 is 2.89 bits per heavy atom. The molecule has 0 bridgehead atoms. The lowest BCUT2D eigenvalue weighted by atomic mass is 10.2. The van der Waals surface area contributed by atoms with Crippen molar-refractivity contribution in [3.05, 3.63) is 34.2 Å². The quantitative estimate of drug-likeness (QED) is 0.666. The molecule has 0 aliphatic rings. The van der Waals surface area contributed by atoms with Crippen molar-refractivity contribution in [2.24, 2.45) is 11.5 Å². The maximum atomic E-state index is 11.4. The highest BCUT2D eigenvalue weighted by molar-refractivity contribution is 7.09. The number of imidazole rings is 1. The molecule has 0 fully saturated rings. The lowest BCUT2D eigenvalue weighted by molar-refractivity contribution is 0.100. The van der Waals surface area contributed by atoms with Crippen molar-refractivity contribution < 1.29 is 4.79 Å². The minimum absolute atomic E-state index is 0.400. The summed E-state index contributed by atoms with van der Waals surface area (Å²) in [6, 6.07) is 5.23. The van der Waals surface area contributed by atoms with Crippen molar-refractivity contribution in [3.8, 4) is 11.5 Å². The first-order valence-electron chi connectivity index (χ1n) is 5.62. The van der Waals surface area contributed by atoms with Crippen molar-refractivity contribution in [2.45, 2.75) is 6.54 Å². The molecule has 0 atom stereocenters. The summed E-state index contributed by atoms with van der Waals surface area (Å²) >= 11 is 1.48. The van der Waals surface area contributed by atoms with Gasteiger partial charge in [0.1, 0.15) is 10.7 Å². The summed E-state index contributed by atoms with van der Waals surface area (Å²) in [4.78, 5) is 23.2. The number of carbonyl (C=O) groups excluding carboxylic acids is 1. The van der Waals surface area contributed by atoms with E-state index in [9.17, 15) is 4.79 Å². The Balaban J connectivity index is 2.16. The zero-order chi connectivity index (χ0) is 13.4. The molecule has 0 saturated heterocycles. The predicted octanol–water partition coefficient (Wildman–Crippen LogP) is 1.24. The predicted molar refractivity (Wildman–Crippen MR) is 73.6 cm³/mol. The van der Waals surface area contributed by atoms with Crippen LogP contribution in [0.25, 0.3) is 22.6 Å². The summed E-state index contributed by atoms with van der Waals surface area (Å²) < 4.78 is 0. The monoisotopic (exact) mass is 273 g/mol. The smallest absolute Gasteiger partial charge is 0.250 e. The average molecular weight is 273 g/mol. The van der Waals surface area contributed by atoms with Crippen LogP contribution in [0.2, 0.25) is 0 Å². The number of carbonyl (C=O) groups is 1. The van der Waals surface area contributed by atoms with E-state index in [1.807, 2.05) is 11.4 Å². The van der Waals surface area contributed by atoms with E-state index in [1.54, 1.807) is 12.1 Å². The standard InChI is InChI=1S/C12H11N5OS/c13-4-9-15-8(5-19-9)12-16-7-3-1-2-6(11(14)18)10(7)17-12/h1-3,5H,4,13H2,(H2,14,18)(H,16,17). The second kappa shape index (κ2) is 4.45. The molecule has 96 valence electrons. The molecule has 6 nitrogen and oxygen atoms in total. The second-order valence-electron chi connectivity index (χ2n) is 3.98. The van der Waals surface area contributed by atoms with Gasteiger partial charge in [-0.25, -0.2) is 9.97 Å². The third-order valence-corrected chi connectivity index (χ3v) is 3.62. The maximum Gasteiger partial charge on any atom is 0.250 e. The van der Waals surface area contributed by atoms with E-state index in [1.165, 1.54) is 11.3 Å². The van der Waals surface area contributed by atoms with Gasteiger partial charge >= 0.3 is 0 Å². The van der Waals surface area contributed by atoms with Gasteiger partial charge < -0.3 is 16.5 Å². The van der Waals surface area contributed by atoms with Crippen LogP contribution in [-0.4, -0.2) is 20.9 Å². The first-order valence-corrected chi connectivity index (χ1v) is 6.50. The van der Waals surface area contributed by atoms with Crippen LogP contribution in [-0.2, 0) is 6.54 Å². The Hall–Kier alpha value is -2.25. The summed E-state index contributed by atoms with van der Waals surface area (Å²) in [5.74, 6) is 0.126. The highest BCUT2D eigenvalue weighted by atomic mass is 32.1. The van der Waals surface area contributed by atoms with Crippen molar-refractivity contribution in [2.75, 3.05) is 0 Å². The molecule has 0 aliphatic carbocycles. The molecule has 0 radical (unpaired) electrons. The van der Waals surface area contributed by atoms with Gasteiger partial charge in [-0.1, -0.05) is 6.07 Å². The van der Waals surface area contributed by atoms with Crippen LogP contribution in [0.3, 0.4) is 0 Å². The topological polar surface area (TPSA) is 111 Å². The number of hydrogen-bond acceptors (Lipinski definition) is 5. The van der Waals surface area contributed by atoms with Crippen molar-refractivity contribution in [1.29, 1.82) is 0 Å². The van der Waals surface area contributed by atoms with E-state index in [-0.39, 0.29) is 0 Å². The van der Waals surface area contributed by atoms with Crippen LogP contribution in [0, 0.1) is 0 Å². The normalized spacial score (nSPS) is 11.0. The number of rotatable bonds is 3. The molecule has 1 amide bonds. The fourth-order valence-corrected chi connectivity index (χ4v) is 2.53. The number of thiazole rings is 1. The maximum absolute atomic E-state index is 11.4. The molecule has 0 spiro atoms. The zero-order valence-electron chi connectivity index (χ0n) is 9.88. The molecule has 5 N–H and O–H groups in total. The number of amides is 1. The Morgan fingerprint density at radius 2 is 2.21 bits per heavy atom. The van der Waals surface area contributed by atoms with Crippen molar-refractivity contribution >= 4 is 28.3 Å². The van der Waals surface area contributed by atoms with Gasteiger partial charge in [-0.05, 0) is 12.1 Å². The van der Waals surface area contributed by atoms with Crippen LogP contribution in [0.5, 0.6) is 0 Å². The third-order valence-electron chi connectivity index (χ3n) is 2.75. The number of aromatic amines is 1. The molecular formula is C12H11N5OS. The number of fused-ring (bicyclic) bond motifs is 1. The molecule has 0 unspecified atom stereocenters. The van der Waals surface area contributed by atoms with E-state index in [0.29, 0.717) is 29.0 Å². The molecule has 2 heterocycles. The van der Waals surface area contributed by atoms with Gasteiger partial charge in [-0.15, -0.1) is 11.3 Å². The number of benzene rings is 1. The number of para-hydroxylation sites is 1. The summed E-state index contributed by atoms with van der Waals surface area (Å²) in [7, 11) is 0.